The number of unbranched alkanes of at least 4 members (excludes halogenated alkanes) is 5. The van der Waals surface area contributed by atoms with Gasteiger partial charge in [-0.2, -0.15) is 0 Å². The molecule has 2 fully saturated rings. The predicted octanol–water partition coefficient (Wildman–Crippen LogP) is 3.07. The summed E-state index contributed by atoms with van der Waals surface area (Å²) in [6.45, 7) is 1.09. The Labute approximate surface area is 119 Å². The van der Waals surface area contributed by atoms with E-state index in [-0.39, 0.29) is 11.9 Å². The molecule has 2 aliphatic rings. The fourth-order valence-electron chi connectivity index (χ4n) is 2.46. The molecule has 0 atom stereocenters. The Bertz CT molecular complexity index is 380. The van der Waals surface area contributed by atoms with Gasteiger partial charge in [-0.05, 0) is 25.7 Å². The molecule has 0 aliphatic carbocycles. The van der Waals surface area contributed by atoms with Crippen LogP contribution in [0.4, 0.5) is 0 Å². The van der Waals surface area contributed by atoms with E-state index in [0.29, 0.717) is 13.2 Å². The van der Waals surface area contributed by atoms with Crippen LogP contribution in [0.5, 0.6) is 0 Å². The number of carbonyl (C=O) groups excluding carboxylic acids is 2. The molecule has 0 unspecified atom stereocenters. The molecule has 0 aromatic heterocycles. The lowest BCUT2D eigenvalue weighted by Gasteiger charge is -1.98. The summed E-state index contributed by atoms with van der Waals surface area (Å²) in [6.07, 6.45) is 12.0. The maximum Gasteiger partial charge on any atom is 0.333 e. The highest BCUT2D eigenvalue weighted by Gasteiger charge is 2.18. The summed E-state index contributed by atoms with van der Waals surface area (Å²) in [7, 11) is 0. The van der Waals surface area contributed by atoms with E-state index in [1.807, 2.05) is 12.2 Å². The van der Waals surface area contributed by atoms with Gasteiger partial charge in [-0.15, -0.1) is 0 Å². The van der Waals surface area contributed by atoms with Gasteiger partial charge >= 0.3 is 11.9 Å². The monoisotopic (exact) mass is 278 g/mol. The number of ether oxygens (including phenoxy) is 2. The molecule has 0 radical (unpaired) electrons. The van der Waals surface area contributed by atoms with E-state index >= 15 is 0 Å². The van der Waals surface area contributed by atoms with Gasteiger partial charge in [-0.25, -0.2) is 9.59 Å². The Morgan fingerprint density at radius 1 is 0.750 bits per heavy atom. The molecule has 110 valence electrons. The Morgan fingerprint density at radius 3 is 1.55 bits per heavy atom. The molecule has 20 heavy (non-hydrogen) atoms. The van der Waals surface area contributed by atoms with Gasteiger partial charge < -0.3 is 9.47 Å². The lowest BCUT2D eigenvalue weighted by Crippen LogP contribution is -1.94. The SMILES string of the molecule is O=C1OCC/C1=C/CCCCCC/C=C1\CCOC1=O. The van der Waals surface area contributed by atoms with Crippen LogP contribution in [0.2, 0.25) is 0 Å². The van der Waals surface area contributed by atoms with Gasteiger partial charge in [0, 0.05) is 24.0 Å². The molecule has 2 aliphatic heterocycles. The molecule has 2 rings (SSSR count). The summed E-state index contributed by atoms with van der Waals surface area (Å²) in [5, 5.41) is 0. The van der Waals surface area contributed by atoms with Gasteiger partial charge in [-0.3, -0.25) is 0 Å². The molecule has 2 saturated heterocycles. The van der Waals surface area contributed by atoms with E-state index < -0.39 is 0 Å². The van der Waals surface area contributed by atoms with Gasteiger partial charge in [0.15, 0.2) is 0 Å². The molecule has 4 nitrogen and oxygen atoms in total. The second-order valence-corrected chi connectivity index (χ2v) is 5.22. The molecule has 0 N–H and O–H groups in total. The standard InChI is InChI=1S/C16H22O4/c17-15-13(9-11-19-15)7-5-3-1-2-4-6-8-14-10-12-20-16(14)18/h7-8H,1-6,9-12H2/b13-7-,14-8+. The van der Waals surface area contributed by atoms with Crippen LogP contribution >= 0.6 is 0 Å². The van der Waals surface area contributed by atoms with E-state index in [2.05, 4.69) is 0 Å². The third-order valence-electron chi connectivity index (χ3n) is 3.67. The molecular formula is C16H22O4. The average Bonchev–Trinajstić information content (AvgIpc) is 3.02. The van der Waals surface area contributed by atoms with Crippen LogP contribution in [0.3, 0.4) is 0 Å². The van der Waals surface area contributed by atoms with Crippen LogP contribution in [-0.4, -0.2) is 25.2 Å². The van der Waals surface area contributed by atoms with Crippen LogP contribution in [-0.2, 0) is 19.1 Å². The van der Waals surface area contributed by atoms with Crippen molar-refractivity contribution in [1.29, 1.82) is 0 Å². The Hall–Kier alpha value is -1.58. The topological polar surface area (TPSA) is 52.6 Å². The zero-order valence-corrected chi connectivity index (χ0v) is 11.9. The van der Waals surface area contributed by atoms with Gasteiger partial charge in [0.05, 0.1) is 13.2 Å². The number of cyclic esters (lactones) is 2. The first-order valence-corrected chi connectivity index (χ1v) is 7.49. The molecule has 0 aromatic carbocycles. The number of esters is 2. The van der Waals surface area contributed by atoms with Crippen molar-refractivity contribution in [3.63, 3.8) is 0 Å². The molecule has 2 heterocycles. The van der Waals surface area contributed by atoms with E-state index in [1.165, 1.54) is 0 Å². The zero-order chi connectivity index (χ0) is 14.2. The molecule has 0 bridgehead atoms. The summed E-state index contributed by atoms with van der Waals surface area (Å²) < 4.78 is 9.76. The van der Waals surface area contributed by atoms with Crippen LogP contribution in [0.15, 0.2) is 23.3 Å². The highest BCUT2D eigenvalue weighted by Crippen LogP contribution is 2.17. The summed E-state index contributed by atoms with van der Waals surface area (Å²) >= 11 is 0. The summed E-state index contributed by atoms with van der Waals surface area (Å²) in [5.41, 5.74) is 1.68. The number of hydrogen-bond donors (Lipinski definition) is 0. The highest BCUT2D eigenvalue weighted by molar-refractivity contribution is 5.90. The molecule has 0 amide bonds. The third-order valence-corrected chi connectivity index (χ3v) is 3.67. The first-order chi connectivity index (χ1) is 9.77. The lowest BCUT2D eigenvalue weighted by atomic mass is 10.1. The Balaban J connectivity index is 1.50. The van der Waals surface area contributed by atoms with Crippen molar-refractivity contribution in [2.24, 2.45) is 0 Å². The first kappa shape index (κ1) is 14.8. The van der Waals surface area contributed by atoms with Crippen LogP contribution in [0, 0.1) is 0 Å². The maximum absolute atomic E-state index is 11.2. The van der Waals surface area contributed by atoms with Crippen molar-refractivity contribution >= 4 is 11.9 Å². The third kappa shape index (κ3) is 4.51. The lowest BCUT2D eigenvalue weighted by molar-refractivity contribution is -0.135. The van der Waals surface area contributed by atoms with Gasteiger partial charge in [0.2, 0.25) is 0 Å². The maximum atomic E-state index is 11.2. The minimum Gasteiger partial charge on any atom is -0.462 e. The Morgan fingerprint density at radius 2 is 1.20 bits per heavy atom. The van der Waals surface area contributed by atoms with Crippen molar-refractivity contribution < 1.29 is 19.1 Å². The average molecular weight is 278 g/mol. The highest BCUT2D eigenvalue weighted by atomic mass is 16.5. The van der Waals surface area contributed by atoms with Gasteiger partial charge in [0.25, 0.3) is 0 Å². The van der Waals surface area contributed by atoms with Gasteiger partial charge in [-0.1, -0.05) is 25.0 Å². The first-order valence-electron chi connectivity index (χ1n) is 7.49. The minimum atomic E-state index is -0.139. The van der Waals surface area contributed by atoms with E-state index in [4.69, 9.17) is 9.47 Å². The molecule has 0 saturated carbocycles. The fraction of sp³-hybridized carbons (Fsp3) is 0.625. The van der Waals surface area contributed by atoms with Crippen molar-refractivity contribution in [1.82, 2.24) is 0 Å². The van der Waals surface area contributed by atoms with Crippen LogP contribution in [0.1, 0.15) is 51.4 Å². The van der Waals surface area contributed by atoms with Crippen molar-refractivity contribution in [2.45, 2.75) is 51.4 Å². The van der Waals surface area contributed by atoms with Crippen LogP contribution in [0.25, 0.3) is 0 Å². The minimum absolute atomic E-state index is 0.139. The summed E-state index contributed by atoms with van der Waals surface area (Å²) in [6, 6.07) is 0. The van der Waals surface area contributed by atoms with E-state index in [0.717, 1.165) is 62.5 Å². The molecule has 0 aromatic rings. The van der Waals surface area contributed by atoms with Crippen molar-refractivity contribution in [3.05, 3.63) is 23.3 Å². The van der Waals surface area contributed by atoms with E-state index in [1.54, 1.807) is 0 Å². The number of rotatable bonds is 7. The molecule has 0 spiro atoms. The number of allylic oxidation sites excluding steroid dienone is 2. The second kappa shape index (κ2) is 7.88. The van der Waals surface area contributed by atoms with Crippen LogP contribution < -0.4 is 0 Å². The van der Waals surface area contributed by atoms with Gasteiger partial charge in [0.1, 0.15) is 0 Å². The predicted molar refractivity (Wildman–Crippen MR) is 75.0 cm³/mol. The smallest absolute Gasteiger partial charge is 0.333 e. The fourth-order valence-corrected chi connectivity index (χ4v) is 2.46. The second-order valence-electron chi connectivity index (χ2n) is 5.22. The zero-order valence-electron chi connectivity index (χ0n) is 11.9. The summed E-state index contributed by atoms with van der Waals surface area (Å²) in [5.74, 6) is -0.278. The normalized spacial score (nSPS) is 22.6. The number of carbonyl (C=O) groups is 2. The quantitative estimate of drug-likeness (QED) is 0.408. The van der Waals surface area contributed by atoms with Crippen molar-refractivity contribution in [2.75, 3.05) is 13.2 Å². The Kier molecular flexibility index (Phi) is 5.84. The molecular weight excluding hydrogens is 256 g/mol. The largest absolute Gasteiger partial charge is 0.462 e. The van der Waals surface area contributed by atoms with E-state index in [9.17, 15) is 9.59 Å². The molecule has 4 heteroatoms. The van der Waals surface area contributed by atoms with Crippen molar-refractivity contribution in [3.8, 4) is 0 Å². The summed E-state index contributed by atoms with van der Waals surface area (Å²) in [4.78, 5) is 22.4. The number of hydrogen-bond acceptors (Lipinski definition) is 4.